The van der Waals surface area contributed by atoms with E-state index in [4.69, 9.17) is 0 Å². The van der Waals surface area contributed by atoms with Crippen LogP contribution in [0.25, 0.3) is 17.0 Å². The zero-order valence-electron chi connectivity index (χ0n) is 19.5. The average Bonchev–Trinajstić information content (AvgIpc) is 3.29. The Morgan fingerprint density at radius 3 is 2.68 bits per heavy atom. The van der Waals surface area contributed by atoms with Gasteiger partial charge in [-0.15, -0.1) is 0 Å². The number of rotatable bonds is 5. The number of phenols is 2. The molecule has 1 amide bonds. The van der Waals surface area contributed by atoms with Crippen molar-refractivity contribution in [2.75, 3.05) is 32.7 Å². The normalized spacial score (nSPS) is 20.4. The number of fused-ring (bicyclic) bond motifs is 1. The summed E-state index contributed by atoms with van der Waals surface area (Å²) in [6.07, 6.45) is 10.0. The molecule has 1 aromatic heterocycles. The van der Waals surface area contributed by atoms with E-state index in [-0.39, 0.29) is 17.4 Å². The minimum Gasteiger partial charge on any atom is -0.504 e. The Hall–Kier alpha value is -3.25. The number of aromatic amines is 1. The van der Waals surface area contributed by atoms with Gasteiger partial charge in [-0.2, -0.15) is 0 Å². The number of carbonyl (C=O) groups is 1. The second-order valence-electron chi connectivity index (χ2n) is 9.74. The molecule has 0 spiro atoms. The van der Waals surface area contributed by atoms with Crippen LogP contribution in [0.3, 0.4) is 0 Å². The number of piperidine rings is 2. The summed E-state index contributed by atoms with van der Waals surface area (Å²) in [4.78, 5) is 20.7. The smallest absolute Gasteiger partial charge is 0.246 e. The Bertz CT molecular complexity index is 1180. The summed E-state index contributed by atoms with van der Waals surface area (Å²) in [5, 5.41) is 20.4. The molecule has 3 aromatic rings. The molecule has 2 aliphatic rings. The molecular formula is C28H33N3O3. The van der Waals surface area contributed by atoms with Crippen LogP contribution in [0.15, 0.2) is 54.7 Å². The maximum absolute atomic E-state index is 12.8. The van der Waals surface area contributed by atoms with Gasteiger partial charge in [0.15, 0.2) is 11.5 Å². The summed E-state index contributed by atoms with van der Waals surface area (Å²) in [5.41, 5.74) is 3.37. The van der Waals surface area contributed by atoms with Crippen molar-refractivity contribution in [3.8, 4) is 11.5 Å². The molecule has 0 radical (unpaired) electrons. The molecule has 1 atom stereocenters. The van der Waals surface area contributed by atoms with Gasteiger partial charge in [-0.3, -0.25) is 4.79 Å². The highest BCUT2D eigenvalue weighted by atomic mass is 16.3. The Labute approximate surface area is 200 Å². The maximum Gasteiger partial charge on any atom is 0.246 e. The number of benzene rings is 2. The molecule has 0 aliphatic carbocycles. The average molecular weight is 460 g/mol. The summed E-state index contributed by atoms with van der Waals surface area (Å²) >= 11 is 0. The fourth-order valence-electron chi connectivity index (χ4n) is 5.55. The van der Waals surface area contributed by atoms with Gasteiger partial charge >= 0.3 is 0 Å². The van der Waals surface area contributed by atoms with Crippen molar-refractivity contribution < 1.29 is 15.0 Å². The highest BCUT2D eigenvalue weighted by molar-refractivity contribution is 5.92. The quantitative estimate of drug-likeness (QED) is 0.381. The highest BCUT2D eigenvalue weighted by Gasteiger charge is 2.27. The summed E-state index contributed by atoms with van der Waals surface area (Å²) in [5.74, 6) is 0.791. The summed E-state index contributed by atoms with van der Waals surface area (Å²) in [6.45, 7) is 4.87. The first-order valence-electron chi connectivity index (χ1n) is 12.3. The number of aromatic nitrogens is 1. The molecule has 2 fully saturated rings. The molecule has 2 saturated heterocycles. The van der Waals surface area contributed by atoms with E-state index in [1.54, 1.807) is 18.2 Å². The van der Waals surface area contributed by atoms with Crippen molar-refractivity contribution in [1.29, 1.82) is 0 Å². The second kappa shape index (κ2) is 9.94. The van der Waals surface area contributed by atoms with Crippen LogP contribution in [0.1, 0.15) is 42.7 Å². The third-order valence-electron chi connectivity index (χ3n) is 7.41. The van der Waals surface area contributed by atoms with Gasteiger partial charge in [0, 0.05) is 42.8 Å². The summed E-state index contributed by atoms with van der Waals surface area (Å²) in [7, 11) is 0. The van der Waals surface area contributed by atoms with Crippen LogP contribution < -0.4 is 0 Å². The molecule has 6 nitrogen and oxygen atoms in total. The van der Waals surface area contributed by atoms with Crippen molar-refractivity contribution in [2.45, 2.75) is 31.6 Å². The Kier molecular flexibility index (Phi) is 6.59. The van der Waals surface area contributed by atoms with E-state index in [1.807, 2.05) is 4.90 Å². The summed E-state index contributed by atoms with van der Waals surface area (Å²) in [6, 6.07) is 13.1. The number of hydrogen-bond acceptors (Lipinski definition) is 4. The van der Waals surface area contributed by atoms with E-state index in [2.05, 4.69) is 40.3 Å². The Balaban J connectivity index is 1.13. The fraction of sp³-hybridized carbons (Fsp3) is 0.393. The maximum atomic E-state index is 12.8. The lowest BCUT2D eigenvalue weighted by atomic mass is 9.88. The minimum absolute atomic E-state index is 0.00955. The number of likely N-dealkylation sites (tertiary alicyclic amines) is 2. The monoisotopic (exact) mass is 459 g/mol. The first-order valence-corrected chi connectivity index (χ1v) is 12.3. The number of nitrogens with one attached hydrogen (secondary N) is 1. The number of phenolic OH excluding ortho intramolecular Hbond substituents is 2. The first kappa shape index (κ1) is 22.5. The van der Waals surface area contributed by atoms with Crippen LogP contribution in [0, 0.1) is 5.92 Å². The van der Waals surface area contributed by atoms with Gasteiger partial charge in [0.2, 0.25) is 5.91 Å². The number of para-hydroxylation sites is 1. The van der Waals surface area contributed by atoms with Gasteiger partial charge in [0.25, 0.3) is 0 Å². The van der Waals surface area contributed by atoms with E-state index in [0.29, 0.717) is 17.4 Å². The number of hydrogen-bond donors (Lipinski definition) is 3. The second-order valence-corrected chi connectivity index (χ2v) is 9.74. The molecule has 5 rings (SSSR count). The van der Waals surface area contributed by atoms with Crippen molar-refractivity contribution in [2.24, 2.45) is 5.92 Å². The topological polar surface area (TPSA) is 79.8 Å². The van der Waals surface area contributed by atoms with Crippen LogP contribution in [-0.2, 0) is 4.79 Å². The highest BCUT2D eigenvalue weighted by Crippen LogP contribution is 2.33. The molecule has 2 aliphatic heterocycles. The molecule has 2 aromatic carbocycles. The molecule has 3 heterocycles. The van der Waals surface area contributed by atoms with Crippen LogP contribution in [0.4, 0.5) is 0 Å². The number of aromatic hydroxyl groups is 2. The third-order valence-corrected chi connectivity index (χ3v) is 7.41. The third kappa shape index (κ3) is 4.97. The Morgan fingerprint density at radius 1 is 1.03 bits per heavy atom. The van der Waals surface area contributed by atoms with Crippen molar-refractivity contribution in [3.05, 3.63) is 65.9 Å². The minimum atomic E-state index is -0.180. The van der Waals surface area contributed by atoms with Gasteiger partial charge in [0.1, 0.15) is 0 Å². The lowest BCUT2D eigenvalue weighted by molar-refractivity contribution is -0.127. The van der Waals surface area contributed by atoms with E-state index >= 15 is 0 Å². The molecule has 178 valence electrons. The Morgan fingerprint density at radius 2 is 1.85 bits per heavy atom. The zero-order chi connectivity index (χ0) is 23.5. The van der Waals surface area contributed by atoms with Gasteiger partial charge in [0.05, 0.1) is 0 Å². The standard InChI is InChI=1S/C28H33N3O3/c32-26-9-7-20(16-27(26)33)8-10-28(34)31-13-3-4-21(19-31)18-30-14-11-22(12-15-30)24-17-29-25-6-2-1-5-23(24)25/h1-2,5-10,16-17,21-22,29,32-33H,3-4,11-15,18-19H2/b10-8+/t21-/m1/s1. The lowest BCUT2D eigenvalue weighted by Crippen LogP contribution is -2.44. The van der Waals surface area contributed by atoms with Gasteiger partial charge in [-0.25, -0.2) is 0 Å². The number of nitrogens with zero attached hydrogens (tertiary/aromatic N) is 2. The SMILES string of the molecule is O=C(/C=C/c1ccc(O)c(O)c1)N1CCC[C@H](CN2CCC(c3c[nH]c4ccccc34)CC2)C1. The van der Waals surface area contributed by atoms with E-state index in [9.17, 15) is 15.0 Å². The van der Waals surface area contributed by atoms with Crippen molar-refractivity contribution >= 4 is 22.9 Å². The van der Waals surface area contributed by atoms with Crippen LogP contribution in [-0.4, -0.2) is 63.6 Å². The van der Waals surface area contributed by atoms with Crippen molar-refractivity contribution in [3.63, 3.8) is 0 Å². The molecule has 6 heteroatoms. The first-order chi connectivity index (χ1) is 16.6. The van der Waals surface area contributed by atoms with Crippen molar-refractivity contribution in [1.82, 2.24) is 14.8 Å². The molecule has 34 heavy (non-hydrogen) atoms. The molecule has 0 unspecified atom stereocenters. The van der Waals surface area contributed by atoms with Gasteiger partial charge in [-0.1, -0.05) is 24.3 Å². The van der Waals surface area contributed by atoms with E-state index in [0.717, 1.165) is 39.1 Å². The van der Waals surface area contributed by atoms with Gasteiger partial charge < -0.3 is 25.0 Å². The number of H-pyrrole nitrogens is 1. The largest absolute Gasteiger partial charge is 0.504 e. The summed E-state index contributed by atoms with van der Waals surface area (Å²) < 4.78 is 0. The zero-order valence-corrected chi connectivity index (χ0v) is 19.5. The van der Waals surface area contributed by atoms with Gasteiger partial charge in [-0.05, 0) is 86.0 Å². The fourth-order valence-corrected chi connectivity index (χ4v) is 5.55. The predicted octanol–water partition coefficient (Wildman–Crippen LogP) is 4.71. The van der Waals surface area contributed by atoms with E-state index in [1.165, 1.54) is 47.9 Å². The molecular weight excluding hydrogens is 426 g/mol. The van der Waals surface area contributed by atoms with Crippen LogP contribution >= 0.6 is 0 Å². The lowest BCUT2D eigenvalue weighted by Gasteiger charge is -2.38. The molecule has 0 bridgehead atoms. The van der Waals surface area contributed by atoms with Crippen LogP contribution in [0.5, 0.6) is 11.5 Å². The molecule has 0 saturated carbocycles. The predicted molar refractivity (Wildman–Crippen MR) is 135 cm³/mol. The molecule has 3 N–H and O–H groups in total. The van der Waals surface area contributed by atoms with Crippen LogP contribution in [0.2, 0.25) is 0 Å². The number of carbonyl (C=O) groups excluding carboxylic acids is 1. The number of amides is 1. The van der Waals surface area contributed by atoms with E-state index < -0.39 is 0 Å².